The lowest BCUT2D eigenvalue weighted by Gasteiger charge is -2.33. The Bertz CT molecular complexity index is 1600. The molecule has 1 fully saturated rings. The van der Waals surface area contributed by atoms with Crippen LogP contribution >= 0.6 is 0 Å². The van der Waals surface area contributed by atoms with E-state index in [1.54, 1.807) is 29.2 Å². The Labute approximate surface area is 256 Å². The minimum atomic E-state index is -0.879. The Morgan fingerprint density at radius 2 is 1.73 bits per heavy atom. The molecule has 0 radical (unpaired) electrons. The molecule has 4 amide bonds. The summed E-state index contributed by atoms with van der Waals surface area (Å²) in [6.07, 6.45) is 0.969. The van der Waals surface area contributed by atoms with E-state index in [1.807, 2.05) is 63.2 Å². The number of carbonyl (C=O) groups is 3. The molecule has 0 saturated carbocycles. The number of likely N-dealkylation sites (tertiary alicyclic amines) is 1. The van der Waals surface area contributed by atoms with Gasteiger partial charge in [0.2, 0.25) is 17.6 Å². The smallest absolute Gasteiger partial charge is 0.319 e. The van der Waals surface area contributed by atoms with Gasteiger partial charge >= 0.3 is 6.03 Å². The van der Waals surface area contributed by atoms with E-state index in [0.29, 0.717) is 29.9 Å². The molecule has 1 aromatic heterocycles. The van der Waals surface area contributed by atoms with Gasteiger partial charge in [0, 0.05) is 16.8 Å². The summed E-state index contributed by atoms with van der Waals surface area (Å²) in [5.74, 6) is -0.240. The van der Waals surface area contributed by atoms with Crippen molar-refractivity contribution in [1.82, 2.24) is 36.2 Å². The highest BCUT2D eigenvalue weighted by molar-refractivity contribution is 5.95. The fourth-order valence-corrected chi connectivity index (χ4v) is 5.79. The molecule has 11 nitrogen and oxygen atoms in total. The topological polar surface area (TPSA) is 145 Å². The van der Waals surface area contributed by atoms with Crippen LogP contribution in [0.15, 0.2) is 78.9 Å². The molecular formula is C33H38N8O3. The quantitative estimate of drug-likeness (QED) is 0.244. The van der Waals surface area contributed by atoms with Crippen molar-refractivity contribution in [1.29, 1.82) is 0 Å². The van der Waals surface area contributed by atoms with Gasteiger partial charge in [-0.1, -0.05) is 66.7 Å². The molecule has 228 valence electrons. The number of amides is 4. The second-order valence-electron chi connectivity index (χ2n) is 12.2. The van der Waals surface area contributed by atoms with Gasteiger partial charge in [-0.25, -0.2) is 4.79 Å². The fourth-order valence-electron chi connectivity index (χ4n) is 5.79. The molecule has 4 aromatic rings. The van der Waals surface area contributed by atoms with E-state index >= 15 is 0 Å². The van der Waals surface area contributed by atoms with Crippen molar-refractivity contribution < 1.29 is 14.4 Å². The van der Waals surface area contributed by atoms with E-state index in [1.165, 1.54) is 0 Å². The first kappa shape index (κ1) is 30.4. The highest BCUT2D eigenvalue weighted by atomic mass is 16.2. The molecular weight excluding hydrogens is 556 g/mol. The van der Waals surface area contributed by atoms with Crippen LogP contribution in [0.2, 0.25) is 0 Å². The van der Waals surface area contributed by atoms with Gasteiger partial charge in [-0.15, -0.1) is 10.2 Å². The summed E-state index contributed by atoms with van der Waals surface area (Å²) < 4.78 is 0. The third kappa shape index (κ3) is 7.47. The number of aromatic amines is 1. The minimum absolute atomic E-state index is 0.0621. The molecule has 1 aliphatic rings. The van der Waals surface area contributed by atoms with Gasteiger partial charge in [-0.3, -0.25) is 9.59 Å². The number of aryl methyl sites for hydroxylation is 1. The van der Waals surface area contributed by atoms with Gasteiger partial charge in [0.1, 0.15) is 12.6 Å². The Morgan fingerprint density at radius 1 is 0.977 bits per heavy atom. The first-order chi connectivity index (χ1) is 21.1. The lowest BCUT2D eigenvalue weighted by Crippen LogP contribution is -2.53. The average Bonchev–Trinajstić information content (AvgIpc) is 3.49. The van der Waals surface area contributed by atoms with Crippen LogP contribution in [-0.4, -0.2) is 61.5 Å². The zero-order valence-corrected chi connectivity index (χ0v) is 25.4. The molecule has 3 atom stereocenters. The van der Waals surface area contributed by atoms with E-state index < -0.39 is 17.6 Å². The summed E-state index contributed by atoms with van der Waals surface area (Å²) in [6, 6.07) is 23.1. The summed E-state index contributed by atoms with van der Waals surface area (Å²) in [5, 5.41) is 22.8. The van der Waals surface area contributed by atoms with Crippen molar-refractivity contribution in [3.8, 4) is 11.4 Å². The summed E-state index contributed by atoms with van der Waals surface area (Å²) >= 11 is 0. The SMILES string of the molecule is Cc1ccccc1C1CC(NC(=O)Nc2cccc(-c3nn[nH]n3)c2)C(=O)N(CC(=O)NC(C)(C)C)C(c2ccccc2)C1. The third-order valence-corrected chi connectivity index (χ3v) is 7.66. The molecule has 1 aliphatic heterocycles. The maximum Gasteiger partial charge on any atom is 0.319 e. The van der Waals surface area contributed by atoms with E-state index in [0.717, 1.165) is 16.7 Å². The number of hydrogen-bond acceptors (Lipinski definition) is 6. The number of aromatic nitrogens is 4. The van der Waals surface area contributed by atoms with Crippen LogP contribution in [-0.2, 0) is 9.59 Å². The number of rotatable bonds is 7. The number of nitrogens with zero attached hydrogens (tertiary/aromatic N) is 4. The molecule has 0 spiro atoms. The molecule has 44 heavy (non-hydrogen) atoms. The van der Waals surface area contributed by atoms with E-state index in [9.17, 15) is 14.4 Å². The van der Waals surface area contributed by atoms with Crippen LogP contribution in [0.1, 0.15) is 62.3 Å². The predicted molar refractivity (Wildman–Crippen MR) is 168 cm³/mol. The Kier molecular flexibility index (Phi) is 9.03. The number of H-pyrrole nitrogens is 1. The van der Waals surface area contributed by atoms with Crippen LogP contribution in [0.4, 0.5) is 10.5 Å². The molecule has 2 heterocycles. The minimum Gasteiger partial charge on any atom is -0.350 e. The van der Waals surface area contributed by atoms with Crippen molar-refractivity contribution in [3.05, 3.63) is 95.6 Å². The van der Waals surface area contributed by atoms with E-state index in [-0.39, 0.29) is 30.3 Å². The van der Waals surface area contributed by atoms with Crippen LogP contribution in [0.25, 0.3) is 11.4 Å². The highest BCUT2D eigenvalue weighted by Gasteiger charge is 2.40. The molecule has 11 heteroatoms. The first-order valence-corrected chi connectivity index (χ1v) is 14.7. The largest absolute Gasteiger partial charge is 0.350 e. The molecule has 1 saturated heterocycles. The van der Waals surface area contributed by atoms with Gasteiger partial charge in [-0.05, 0) is 80.5 Å². The van der Waals surface area contributed by atoms with Crippen molar-refractivity contribution in [3.63, 3.8) is 0 Å². The molecule has 5 rings (SSSR count). The lowest BCUT2D eigenvalue weighted by atomic mass is 9.84. The summed E-state index contributed by atoms with van der Waals surface area (Å²) in [6.45, 7) is 7.63. The van der Waals surface area contributed by atoms with E-state index in [2.05, 4.69) is 55.6 Å². The zero-order valence-electron chi connectivity index (χ0n) is 25.4. The van der Waals surface area contributed by atoms with Crippen LogP contribution in [0.3, 0.4) is 0 Å². The number of tetrazole rings is 1. The number of hydrogen-bond donors (Lipinski definition) is 4. The Morgan fingerprint density at radius 3 is 2.43 bits per heavy atom. The normalized spacial score (nSPS) is 18.8. The molecule has 0 aliphatic carbocycles. The number of nitrogens with one attached hydrogen (secondary N) is 4. The van der Waals surface area contributed by atoms with Gasteiger partial charge in [-0.2, -0.15) is 5.21 Å². The van der Waals surface area contributed by atoms with Gasteiger partial charge < -0.3 is 20.9 Å². The second kappa shape index (κ2) is 13.1. The predicted octanol–water partition coefficient (Wildman–Crippen LogP) is 4.73. The summed E-state index contributed by atoms with van der Waals surface area (Å²) in [5.41, 5.74) is 3.87. The maximum atomic E-state index is 14.4. The maximum absolute atomic E-state index is 14.4. The van der Waals surface area contributed by atoms with Crippen molar-refractivity contribution in [2.24, 2.45) is 0 Å². The molecule has 3 aromatic carbocycles. The summed E-state index contributed by atoms with van der Waals surface area (Å²) in [4.78, 5) is 42.6. The Balaban J connectivity index is 1.46. The highest BCUT2D eigenvalue weighted by Crippen LogP contribution is 2.40. The molecule has 3 unspecified atom stereocenters. The third-order valence-electron chi connectivity index (χ3n) is 7.66. The lowest BCUT2D eigenvalue weighted by molar-refractivity contribution is -0.139. The monoisotopic (exact) mass is 594 g/mol. The zero-order chi connectivity index (χ0) is 31.3. The summed E-state index contributed by atoms with van der Waals surface area (Å²) in [7, 11) is 0. The first-order valence-electron chi connectivity index (χ1n) is 14.7. The number of anilines is 1. The molecule has 0 bridgehead atoms. The number of urea groups is 1. The van der Waals surface area contributed by atoms with Gasteiger partial charge in [0.25, 0.3) is 0 Å². The van der Waals surface area contributed by atoms with E-state index in [4.69, 9.17) is 0 Å². The van der Waals surface area contributed by atoms with Gasteiger partial charge in [0.15, 0.2) is 0 Å². The van der Waals surface area contributed by atoms with Crippen LogP contribution in [0.5, 0.6) is 0 Å². The fraction of sp³-hybridized carbons (Fsp3) is 0.333. The van der Waals surface area contributed by atoms with Gasteiger partial charge in [0.05, 0.1) is 6.04 Å². The second-order valence-corrected chi connectivity index (χ2v) is 12.2. The average molecular weight is 595 g/mol. The number of benzene rings is 3. The van der Waals surface area contributed by atoms with Crippen LogP contribution in [0, 0.1) is 6.92 Å². The Hall–Kier alpha value is -5.06. The molecule has 4 N–H and O–H groups in total. The van der Waals surface area contributed by atoms with Crippen LogP contribution < -0.4 is 16.0 Å². The van der Waals surface area contributed by atoms with Crippen molar-refractivity contribution >= 4 is 23.5 Å². The standard InChI is InChI=1S/C33H38N8O3/c1-21-11-8-9-16-26(21)24-18-27(35-32(44)34-25-15-10-14-23(17-25)30-37-39-40-38-30)31(43)41(20-29(42)36-33(2,3)4)28(19-24)22-12-6-5-7-13-22/h5-17,24,27-28H,18-20H2,1-4H3,(H,36,42)(H2,34,35,44)(H,37,38,39,40). The van der Waals surface area contributed by atoms with Crippen molar-refractivity contribution in [2.45, 2.75) is 64.1 Å². The number of carbonyl (C=O) groups excluding carboxylic acids is 3. The van der Waals surface area contributed by atoms with Crippen molar-refractivity contribution in [2.75, 3.05) is 11.9 Å².